The van der Waals surface area contributed by atoms with Gasteiger partial charge in [-0.3, -0.25) is 4.57 Å². The molecule has 25 heavy (non-hydrogen) atoms. The molecule has 0 aliphatic rings. The Balaban J connectivity index is 2.24. The molecule has 0 aromatic heterocycles. The van der Waals surface area contributed by atoms with Crippen LogP contribution in [-0.2, 0) is 9.30 Å². The third-order valence-electron chi connectivity index (χ3n) is 3.48. The Hall–Kier alpha value is -2.10. The van der Waals surface area contributed by atoms with E-state index in [9.17, 15) is 14.3 Å². The molecule has 1 amide bonds. The SMILES string of the molecule is CC(C)(C)OC(=O)NC(CP(=O)(O)c1ccccc1)c1ccccc1. The molecule has 2 N–H and O–H groups in total. The molecule has 0 spiro atoms. The number of nitrogens with one attached hydrogen (secondary N) is 1. The molecule has 2 aromatic rings. The predicted molar refractivity (Wildman–Crippen MR) is 99.3 cm³/mol. The van der Waals surface area contributed by atoms with Gasteiger partial charge in [0.15, 0.2) is 0 Å². The molecular formula is C19H24NO4P. The van der Waals surface area contributed by atoms with E-state index in [1.807, 2.05) is 30.3 Å². The Morgan fingerprint density at radius 3 is 2.12 bits per heavy atom. The first-order chi connectivity index (χ1) is 11.7. The summed E-state index contributed by atoms with van der Waals surface area (Å²) in [6, 6.07) is 17.0. The van der Waals surface area contributed by atoms with Crippen LogP contribution in [0.4, 0.5) is 4.79 Å². The van der Waals surface area contributed by atoms with Crippen molar-refractivity contribution in [3.8, 4) is 0 Å². The van der Waals surface area contributed by atoms with Crippen LogP contribution in [0.3, 0.4) is 0 Å². The van der Waals surface area contributed by atoms with E-state index in [1.165, 1.54) is 0 Å². The van der Waals surface area contributed by atoms with E-state index in [0.29, 0.717) is 5.30 Å². The quantitative estimate of drug-likeness (QED) is 0.793. The summed E-state index contributed by atoms with van der Waals surface area (Å²) in [7, 11) is -3.64. The summed E-state index contributed by atoms with van der Waals surface area (Å²) >= 11 is 0. The van der Waals surface area contributed by atoms with Crippen LogP contribution < -0.4 is 10.6 Å². The van der Waals surface area contributed by atoms with Gasteiger partial charge in [-0.15, -0.1) is 0 Å². The molecule has 134 valence electrons. The van der Waals surface area contributed by atoms with Crippen LogP contribution in [0.1, 0.15) is 32.4 Å². The van der Waals surface area contributed by atoms with Gasteiger partial charge in [0.1, 0.15) is 5.60 Å². The van der Waals surface area contributed by atoms with Gasteiger partial charge in [0.25, 0.3) is 0 Å². The van der Waals surface area contributed by atoms with E-state index in [0.717, 1.165) is 5.56 Å². The first-order valence-corrected chi connectivity index (χ1v) is 9.94. The van der Waals surface area contributed by atoms with Crippen LogP contribution in [0, 0.1) is 0 Å². The highest BCUT2D eigenvalue weighted by Crippen LogP contribution is 2.43. The zero-order chi connectivity index (χ0) is 18.5. The maximum Gasteiger partial charge on any atom is 0.408 e. The van der Waals surface area contributed by atoms with Crippen molar-refractivity contribution in [3.63, 3.8) is 0 Å². The van der Waals surface area contributed by atoms with Crippen LogP contribution in [0.2, 0.25) is 0 Å². The number of amides is 1. The van der Waals surface area contributed by atoms with Gasteiger partial charge in [-0.25, -0.2) is 4.79 Å². The minimum atomic E-state index is -3.64. The summed E-state index contributed by atoms with van der Waals surface area (Å²) in [5.74, 6) is 0. The molecule has 0 radical (unpaired) electrons. The van der Waals surface area contributed by atoms with Gasteiger partial charge in [0, 0.05) is 5.30 Å². The second-order valence-corrected chi connectivity index (χ2v) is 9.11. The molecule has 2 unspecified atom stereocenters. The Morgan fingerprint density at radius 2 is 1.60 bits per heavy atom. The van der Waals surface area contributed by atoms with Crippen LogP contribution in [0.5, 0.6) is 0 Å². The fraction of sp³-hybridized carbons (Fsp3) is 0.316. The Bertz CT molecular complexity index is 741. The van der Waals surface area contributed by atoms with Crippen molar-refractivity contribution in [1.82, 2.24) is 5.32 Å². The summed E-state index contributed by atoms with van der Waals surface area (Å²) in [6.45, 7) is 5.31. The number of ether oxygens (including phenoxy) is 1. The van der Waals surface area contributed by atoms with Crippen molar-refractivity contribution in [2.75, 3.05) is 6.16 Å². The molecule has 0 heterocycles. The fourth-order valence-electron chi connectivity index (χ4n) is 2.38. The molecule has 0 aliphatic carbocycles. The minimum Gasteiger partial charge on any atom is -0.444 e. The van der Waals surface area contributed by atoms with Crippen molar-refractivity contribution >= 4 is 18.8 Å². The lowest BCUT2D eigenvalue weighted by Crippen LogP contribution is -2.36. The van der Waals surface area contributed by atoms with Gasteiger partial charge < -0.3 is 14.9 Å². The zero-order valence-electron chi connectivity index (χ0n) is 14.7. The number of carbonyl (C=O) groups excluding carboxylic acids is 1. The lowest BCUT2D eigenvalue weighted by atomic mass is 10.1. The first-order valence-electron chi connectivity index (χ1n) is 8.09. The van der Waals surface area contributed by atoms with E-state index < -0.39 is 25.1 Å². The zero-order valence-corrected chi connectivity index (χ0v) is 15.6. The van der Waals surface area contributed by atoms with E-state index in [2.05, 4.69) is 5.32 Å². The monoisotopic (exact) mass is 361 g/mol. The highest BCUT2D eigenvalue weighted by Gasteiger charge is 2.29. The highest BCUT2D eigenvalue weighted by molar-refractivity contribution is 7.66. The Morgan fingerprint density at radius 1 is 1.08 bits per heavy atom. The van der Waals surface area contributed by atoms with Crippen LogP contribution in [-0.4, -0.2) is 22.7 Å². The average Bonchev–Trinajstić information content (AvgIpc) is 2.54. The Kier molecular flexibility index (Phi) is 6.04. The van der Waals surface area contributed by atoms with Gasteiger partial charge in [-0.2, -0.15) is 0 Å². The van der Waals surface area contributed by atoms with Crippen molar-refractivity contribution in [2.24, 2.45) is 0 Å². The predicted octanol–water partition coefficient (Wildman–Crippen LogP) is 3.85. The third-order valence-corrected chi connectivity index (χ3v) is 5.45. The van der Waals surface area contributed by atoms with Gasteiger partial charge in [-0.05, 0) is 38.5 Å². The topological polar surface area (TPSA) is 75.6 Å². The van der Waals surface area contributed by atoms with Gasteiger partial charge >= 0.3 is 6.09 Å². The third kappa shape index (κ3) is 6.04. The molecule has 0 aliphatic heterocycles. The number of alkyl carbamates (subject to hydrolysis) is 1. The summed E-state index contributed by atoms with van der Waals surface area (Å²) in [4.78, 5) is 22.7. The number of hydrogen-bond acceptors (Lipinski definition) is 3. The van der Waals surface area contributed by atoms with Gasteiger partial charge in [0.05, 0.1) is 12.2 Å². The average molecular weight is 361 g/mol. The van der Waals surface area contributed by atoms with Crippen molar-refractivity contribution < 1.29 is 19.0 Å². The fourth-order valence-corrected chi connectivity index (χ4v) is 4.03. The van der Waals surface area contributed by atoms with Crippen LogP contribution in [0.15, 0.2) is 60.7 Å². The molecule has 6 heteroatoms. The smallest absolute Gasteiger partial charge is 0.408 e. The summed E-state index contributed by atoms with van der Waals surface area (Å²) < 4.78 is 18.1. The van der Waals surface area contributed by atoms with Gasteiger partial charge in [-0.1, -0.05) is 48.5 Å². The first kappa shape index (κ1) is 19.2. The van der Waals surface area contributed by atoms with Crippen LogP contribution >= 0.6 is 7.37 Å². The lowest BCUT2D eigenvalue weighted by Gasteiger charge is -2.25. The number of hydrogen-bond donors (Lipinski definition) is 2. The summed E-state index contributed by atoms with van der Waals surface area (Å²) in [5.41, 5.74) is 0.103. The lowest BCUT2D eigenvalue weighted by molar-refractivity contribution is 0.0508. The van der Waals surface area contributed by atoms with Gasteiger partial charge in [0.2, 0.25) is 7.37 Å². The number of benzene rings is 2. The Labute approximate surface area is 148 Å². The molecule has 5 nitrogen and oxygen atoms in total. The second kappa shape index (κ2) is 7.85. The second-order valence-electron chi connectivity index (χ2n) is 6.83. The van der Waals surface area contributed by atoms with E-state index in [-0.39, 0.29) is 6.16 Å². The number of carbonyl (C=O) groups is 1. The summed E-state index contributed by atoms with van der Waals surface area (Å²) in [6.07, 6.45) is -0.727. The maximum atomic E-state index is 12.8. The summed E-state index contributed by atoms with van der Waals surface area (Å²) in [5, 5.41) is 3.09. The molecule has 0 bridgehead atoms. The van der Waals surface area contributed by atoms with E-state index in [1.54, 1.807) is 51.1 Å². The van der Waals surface area contributed by atoms with E-state index in [4.69, 9.17) is 4.74 Å². The molecule has 0 fully saturated rings. The molecule has 2 aromatic carbocycles. The molecule has 0 saturated heterocycles. The number of rotatable bonds is 5. The van der Waals surface area contributed by atoms with Crippen LogP contribution in [0.25, 0.3) is 0 Å². The highest BCUT2D eigenvalue weighted by atomic mass is 31.2. The molecular weight excluding hydrogens is 337 g/mol. The maximum absolute atomic E-state index is 12.8. The molecule has 2 rings (SSSR count). The minimum absolute atomic E-state index is 0.111. The normalized spacial score (nSPS) is 15.0. The largest absolute Gasteiger partial charge is 0.444 e. The van der Waals surface area contributed by atoms with Crippen molar-refractivity contribution in [2.45, 2.75) is 32.4 Å². The van der Waals surface area contributed by atoms with Crippen molar-refractivity contribution in [3.05, 3.63) is 66.2 Å². The van der Waals surface area contributed by atoms with E-state index >= 15 is 0 Å². The standard InChI is InChI=1S/C19H24NO4P/c1-19(2,3)24-18(21)20-17(15-10-6-4-7-11-15)14-25(22,23)16-12-8-5-9-13-16/h4-13,17H,14H2,1-3H3,(H,20,21)(H,22,23). The molecule has 0 saturated carbocycles. The van der Waals surface area contributed by atoms with Crippen molar-refractivity contribution in [1.29, 1.82) is 0 Å². The molecule has 2 atom stereocenters.